The van der Waals surface area contributed by atoms with Gasteiger partial charge in [0.15, 0.2) is 0 Å². The minimum atomic E-state index is -3.53. The molecule has 0 aliphatic rings. The maximum absolute atomic E-state index is 12.6. The van der Waals surface area contributed by atoms with Crippen LogP contribution < -0.4 is 5.32 Å². The van der Waals surface area contributed by atoms with Crippen LogP contribution in [-0.2, 0) is 14.8 Å². The summed E-state index contributed by atoms with van der Waals surface area (Å²) in [4.78, 5) is 12.1. The predicted molar refractivity (Wildman–Crippen MR) is 89.4 cm³/mol. The smallest absolute Gasteiger partial charge is 0.243 e. The summed E-state index contributed by atoms with van der Waals surface area (Å²) in [6.45, 7) is 10.1. The quantitative estimate of drug-likeness (QED) is 0.837. The number of anilines is 1. The number of rotatable bonds is 7. The zero-order valence-corrected chi connectivity index (χ0v) is 14.8. The summed E-state index contributed by atoms with van der Waals surface area (Å²) >= 11 is 0. The standard InChI is InChI=1S/C16H26N2O3S/c1-6-18(7-2)22(20,21)15-11-14(9-8-13(15)5)17-16(19)10-12(3)4/h8-9,11-12H,6-7,10H2,1-5H3,(H,17,19). The molecule has 1 N–H and O–H groups in total. The lowest BCUT2D eigenvalue weighted by Gasteiger charge is -2.20. The van der Waals surface area contributed by atoms with Gasteiger partial charge < -0.3 is 5.32 Å². The van der Waals surface area contributed by atoms with E-state index in [1.165, 1.54) is 4.31 Å². The zero-order chi connectivity index (χ0) is 16.9. The minimum absolute atomic E-state index is 0.106. The van der Waals surface area contributed by atoms with E-state index in [4.69, 9.17) is 0 Å². The molecule has 1 rings (SSSR count). The Hall–Kier alpha value is -1.40. The van der Waals surface area contributed by atoms with Crippen molar-refractivity contribution in [3.05, 3.63) is 23.8 Å². The van der Waals surface area contributed by atoms with E-state index in [9.17, 15) is 13.2 Å². The van der Waals surface area contributed by atoms with Crippen molar-refractivity contribution < 1.29 is 13.2 Å². The van der Waals surface area contributed by atoms with Gasteiger partial charge >= 0.3 is 0 Å². The van der Waals surface area contributed by atoms with E-state index >= 15 is 0 Å². The summed E-state index contributed by atoms with van der Waals surface area (Å²) < 4.78 is 26.7. The van der Waals surface area contributed by atoms with Gasteiger partial charge in [-0.15, -0.1) is 0 Å². The number of amides is 1. The SMILES string of the molecule is CCN(CC)S(=O)(=O)c1cc(NC(=O)CC(C)C)ccc1C. The minimum Gasteiger partial charge on any atom is -0.326 e. The lowest BCUT2D eigenvalue weighted by atomic mass is 10.1. The van der Waals surface area contributed by atoms with Crippen LogP contribution >= 0.6 is 0 Å². The molecule has 0 heterocycles. The van der Waals surface area contributed by atoms with Gasteiger partial charge in [-0.3, -0.25) is 4.79 Å². The molecule has 0 bridgehead atoms. The van der Waals surface area contributed by atoms with Crippen LogP contribution in [0.2, 0.25) is 0 Å². The van der Waals surface area contributed by atoms with E-state index in [-0.39, 0.29) is 16.7 Å². The number of nitrogens with zero attached hydrogens (tertiary/aromatic N) is 1. The summed E-state index contributed by atoms with van der Waals surface area (Å²) in [5.74, 6) is 0.148. The molecule has 0 spiro atoms. The van der Waals surface area contributed by atoms with Crippen LogP contribution in [0.15, 0.2) is 23.1 Å². The van der Waals surface area contributed by atoms with Crippen LogP contribution in [0.3, 0.4) is 0 Å². The maximum Gasteiger partial charge on any atom is 0.243 e. The molecule has 0 unspecified atom stereocenters. The average Bonchev–Trinajstić information content (AvgIpc) is 2.40. The van der Waals surface area contributed by atoms with Crippen LogP contribution in [0.5, 0.6) is 0 Å². The Kier molecular flexibility index (Phi) is 6.56. The van der Waals surface area contributed by atoms with Crippen molar-refractivity contribution in [2.45, 2.75) is 45.9 Å². The molecular formula is C16H26N2O3S. The number of sulfonamides is 1. The van der Waals surface area contributed by atoms with Gasteiger partial charge in [0, 0.05) is 25.2 Å². The highest BCUT2D eigenvalue weighted by Gasteiger charge is 2.24. The van der Waals surface area contributed by atoms with Gasteiger partial charge in [0.25, 0.3) is 0 Å². The normalized spacial score (nSPS) is 12.0. The third-order valence-electron chi connectivity index (χ3n) is 3.39. The maximum atomic E-state index is 12.6. The van der Waals surface area contributed by atoms with E-state index in [1.807, 2.05) is 27.7 Å². The van der Waals surface area contributed by atoms with Crippen LogP contribution in [-0.4, -0.2) is 31.7 Å². The number of hydrogen-bond acceptors (Lipinski definition) is 3. The first-order valence-electron chi connectivity index (χ1n) is 7.63. The van der Waals surface area contributed by atoms with Gasteiger partial charge in [-0.25, -0.2) is 8.42 Å². The predicted octanol–water partition coefficient (Wildman–Crippen LogP) is 3.01. The molecule has 5 nitrogen and oxygen atoms in total. The number of benzene rings is 1. The van der Waals surface area contributed by atoms with Crippen molar-refractivity contribution in [3.63, 3.8) is 0 Å². The van der Waals surface area contributed by atoms with Crippen molar-refractivity contribution in [2.75, 3.05) is 18.4 Å². The fourth-order valence-corrected chi connectivity index (χ4v) is 3.95. The Morgan fingerprint density at radius 2 is 1.82 bits per heavy atom. The Labute approximate surface area is 133 Å². The molecule has 0 aliphatic heterocycles. The highest BCUT2D eigenvalue weighted by atomic mass is 32.2. The van der Waals surface area contributed by atoms with Crippen LogP contribution in [0, 0.1) is 12.8 Å². The van der Waals surface area contributed by atoms with E-state index in [0.29, 0.717) is 30.8 Å². The van der Waals surface area contributed by atoms with Gasteiger partial charge in [0.2, 0.25) is 15.9 Å². The Bertz CT molecular complexity index is 620. The van der Waals surface area contributed by atoms with Crippen molar-refractivity contribution in [1.82, 2.24) is 4.31 Å². The molecular weight excluding hydrogens is 300 g/mol. The first kappa shape index (κ1) is 18.6. The Balaban J connectivity index is 3.12. The summed E-state index contributed by atoms with van der Waals surface area (Å²) in [7, 11) is -3.53. The molecule has 0 aromatic heterocycles. The summed E-state index contributed by atoms with van der Waals surface area (Å²) in [6.07, 6.45) is 0.409. The van der Waals surface area contributed by atoms with E-state index in [0.717, 1.165) is 0 Å². The number of aryl methyl sites for hydroxylation is 1. The first-order valence-corrected chi connectivity index (χ1v) is 9.07. The summed E-state index contributed by atoms with van der Waals surface area (Å²) in [5, 5.41) is 2.77. The third-order valence-corrected chi connectivity index (χ3v) is 5.58. The fourth-order valence-electron chi connectivity index (χ4n) is 2.24. The van der Waals surface area contributed by atoms with Gasteiger partial charge in [-0.05, 0) is 30.5 Å². The second kappa shape index (κ2) is 7.74. The number of carbonyl (C=O) groups excluding carboxylic acids is 1. The molecule has 0 saturated heterocycles. The molecule has 0 saturated carbocycles. The molecule has 0 radical (unpaired) electrons. The topological polar surface area (TPSA) is 66.5 Å². The Morgan fingerprint density at radius 3 is 2.32 bits per heavy atom. The third kappa shape index (κ3) is 4.55. The monoisotopic (exact) mass is 326 g/mol. The number of hydrogen-bond donors (Lipinski definition) is 1. The van der Waals surface area contributed by atoms with Crippen molar-refractivity contribution in [1.29, 1.82) is 0 Å². The summed E-state index contributed by atoms with van der Waals surface area (Å²) in [6, 6.07) is 5.00. The van der Waals surface area contributed by atoms with E-state index < -0.39 is 10.0 Å². The van der Waals surface area contributed by atoms with Crippen LogP contribution in [0.4, 0.5) is 5.69 Å². The first-order chi connectivity index (χ1) is 10.2. The highest BCUT2D eigenvalue weighted by molar-refractivity contribution is 7.89. The van der Waals surface area contributed by atoms with Gasteiger partial charge in [0.05, 0.1) is 4.90 Å². The number of carbonyl (C=O) groups is 1. The second-order valence-electron chi connectivity index (χ2n) is 5.72. The van der Waals surface area contributed by atoms with Crippen LogP contribution in [0.25, 0.3) is 0 Å². The lowest BCUT2D eigenvalue weighted by molar-refractivity contribution is -0.116. The average molecular weight is 326 g/mol. The molecule has 22 heavy (non-hydrogen) atoms. The molecule has 1 amide bonds. The highest BCUT2D eigenvalue weighted by Crippen LogP contribution is 2.23. The molecule has 0 atom stereocenters. The molecule has 1 aromatic rings. The largest absolute Gasteiger partial charge is 0.326 e. The lowest BCUT2D eigenvalue weighted by Crippen LogP contribution is -2.31. The zero-order valence-electron chi connectivity index (χ0n) is 14.0. The number of nitrogens with one attached hydrogen (secondary N) is 1. The molecule has 0 aliphatic carbocycles. The molecule has 6 heteroatoms. The van der Waals surface area contributed by atoms with E-state index in [2.05, 4.69) is 5.32 Å². The second-order valence-corrected chi connectivity index (χ2v) is 7.62. The van der Waals surface area contributed by atoms with Gasteiger partial charge in [0.1, 0.15) is 0 Å². The molecule has 1 aromatic carbocycles. The summed E-state index contributed by atoms with van der Waals surface area (Å²) in [5.41, 5.74) is 1.19. The van der Waals surface area contributed by atoms with Crippen molar-refractivity contribution in [3.8, 4) is 0 Å². The van der Waals surface area contributed by atoms with Crippen molar-refractivity contribution >= 4 is 21.6 Å². The Morgan fingerprint density at radius 1 is 1.23 bits per heavy atom. The van der Waals surface area contributed by atoms with E-state index in [1.54, 1.807) is 25.1 Å². The molecule has 124 valence electrons. The van der Waals surface area contributed by atoms with Gasteiger partial charge in [-0.2, -0.15) is 4.31 Å². The van der Waals surface area contributed by atoms with Crippen molar-refractivity contribution in [2.24, 2.45) is 5.92 Å². The molecule has 0 fully saturated rings. The van der Waals surface area contributed by atoms with Gasteiger partial charge in [-0.1, -0.05) is 33.8 Å². The fraction of sp³-hybridized carbons (Fsp3) is 0.562. The van der Waals surface area contributed by atoms with Crippen LogP contribution in [0.1, 0.15) is 39.7 Å².